The maximum atomic E-state index is 12.3. The van der Waals surface area contributed by atoms with Gasteiger partial charge in [-0.05, 0) is 44.7 Å². The van der Waals surface area contributed by atoms with Crippen LogP contribution in [-0.4, -0.2) is 23.9 Å². The van der Waals surface area contributed by atoms with Gasteiger partial charge in [0.2, 0.25) is 5.91 Å². The van der Waals surface area contributed by atoms with Crippen molar-refractivity contribution in [2.75, 3.05) is 13.1 Å². The fraction of sp³-hybridized carbons (Fsp3) is 0.562. The van der Waals surface area contributed by atoms with Crippen LogP contribution in [0, 0.1) is 6.92 Å². The maximum Gasteiger partial charge on any atom is 0.223 e. The maximum absolute atomic E-state index is 12.3. The summed E-state index contributed by atoms with van der Waals surface area (Å²) in [5.41, 5.74) is 8.03. The molecule has 112 valence electrons. The zero-order valence-electron chi connectivity index (χ0n) is 12.2. The van der Waals surface area contributed by atoms with Crippen molar-refractivity contribution in [3.05, 3.63) is 35.4 Å². The summed E-state index contributed by atoms with van der Waals surface area (Å²) < 4.78 is 0. The SMILES string of the molecule is Cc1ccc(C2CCCCN2C(=O)CCCN)cc1.Cl. The fourth-order valence-electron chi connectivity index (χ4n) is 2.76. The van der Waals surface area contributed by atoms with Crippen molar-refractivity contribution in [3.8, 4) is 0 Å². The number of nitrogens with zero attached hydrogens (tertiary/aromatic N) is 1. The number of carbonyl (C=O) groups excluding carboxylic acids is 1. The number of carbonyl (C=O) groups is 1. The van der Waals surface area contributed by atoms with Crippen molar-refractivity contribution < 1.29 is 4.79 Å². The Balaban J connectivity index is 0.00000200. The van der Waals surface area contributed by atoms with Gasteiger partial charge in [-0.1, -0.05) is 29.8 Å². The third-order valence-electron chi connectivity index (χ3n) is 3.88. The Hall–Kier alpha value is -1.06. The number of hydrogen-bond acceptors (Lipinski definition) is 2. The molecule has 1 atom stereocenters. The molecule has 3 nitrogen and oxygen atoms in total. The lowest BCUT2D eigenvalue weighted by atomic mass is 9.94. The summed E-state index contributed by atoms with van der Waals surface area (Å²) in [6, 6.07) is 8.85. The van der Waals surface area contributed by atoms with Gasteiger partial charge in [-0.2, -0.15) is 0 Å². The van der Waals surface area contributed by atoms with Crippen LogP contribution in [0.3, 0.4) is 0 Å². The number of halogens is 1. The molecular formula is C16H25ClN2O. The van der Waals surface area contributed by atoms with Gasteiger partial charge in [-0.3, -0.25) is 4.79 Å². The van der Waals surface area contributed by atoms with E-state index in [4.69, 9.17) is 5.73 Å². The third kappa shape index (κ3) is 4.22. The number of aryl methyl sites for hydroxylation is 1. The number of rotatable bonds is 4. The molecule has 1 heterocycles. The lowest BCUT2D eigenvalue weighted by Gasteiger charge is -2.36. The molecule has 1 aromatic carbocycles. The van der Waals surface area contributed by atoms with E-state index in [-0.39, 0.29) is 24.4 Å². The van der Waals surface area contributed by atoms with Gasteiger partial charge in [0.25, 0.3) is 0 Å². The molecule has 1 saturated heterocycles. The van der Waals surface area contributed by atoms with E-state index in [1.807, 2.05) is 0 Å². The van der Waals surface area contributed by atoms with Gasteiger partial charge in [0, 0.05) is 13.0 Å². The summed E-state index contributed by atoms with van der Waals surface area (Å²) in [6.07, 6.45) is 4.78. The number of hydrogen-bond donors (Lipinski definition) is 1. The predicted molar refractivity (Wildman–Crippen MR) is 85.0 cm³/mol. The van der Waals surface area contributed by atoms with Gasteiger partial charge >= 0.3 is 0 Å². The average Bonchev–Trinajstić information content (AvgIpc) is 2.45. The molecule has 0 aromatic heterocycles. The van der Waals surface area contributed by atoms with Gasteiger partial charge in [0.05, 0.1) is 6.04 Å². The Kier molecular flexibility index (Phi) is 7.03. The Morgan fingerprint density at radius 2 is 2.00 bits per heavy atom. The van der Waals surface area contributed by atoms with Crippen LogP contribution < -0.4 is 5.73 Å². The van der Waals surface area contributed by atoms with Crippen LogP contribution in [0.4, 0.5) is 0 Å². The van der Waals surface area contributed by atoms with Gasteiger partial charge in [0.15, 0.2) is 0 Å². The first-order chi connectivity index (χ1) is 9.22. The van der Waals surface area contributed by atoms with Crippen molar-refractivity contribution >= 4 is 18.3 Å². The van der Waals surface area contributed by atoms with Crippen LogP contribution in [0.1, 0.15) is 49.3 Å². The van der Waals surface area contributed by atoms with Crippen LogP contribution in [0.2, 0.25) is 0 Å². The highest BCUT2D eigenvalue weighted by Crippen LogP contribution is 2.31. The van der Waals surface area contributed by atoms with Gasteiger partial charge in [0.1, 0.15) is 0 Å². The van der Waals surface area contributed by atoms with Crippen molar-refractivity contribution in [3.63, 3.8) is 0 Å². The van der Waals surface area contributed by atoms with Crippen molar-refractivity contribution in [2.24, 2.45) is 5.73 Å². The Morgan fingerprint density at radius 3 is 2.65 bits per heavy atom. The monoisotopic (exact) mass is 296 g/mol. The van der Waals surface area contributed by atoms with E-state index in [0.29, 0.717) is 13.0 Å². The van der Waals surface area contributed by atoms with Crippen LogP contribution in [0.15, 0.2) is 24.3 Å². The molecule has 1 aliphatic heterocycles. The molecule has 0 radical (unpaired) electrons. The van der Waals surface area contributed by atoms with Crippen LogP contribution in [0.5, 0.6) is 0 Å². The number of nitrogens with two attached hydrogens (primary N) is 1. The minimum Gasteiger partial charge on any atom is -0.336 e. The number of amides is 1. The Labute approximate surface area is 127 Å². The predicted octanol–water partition coefficient (Wildman–Crippen LogP) is 3.21. The summed E-state index contributed by atoms with van der Waals surface area (Å²) in [5.74, 6) is 0.260. The number of piperidine rings is 1. The molecule has 0 spiro atoms. The summed E-state index contributed by atoms with van der Waals surface area (Å²) >= 11 is 0. The first-order valence-corrected chi connectivity index (χ1v) is 7.28. The molecule has 1 aromatic rings. The molecule has 1 aliphatic rings. The summed E-state index contributed by atoms with van der Waals surface area (Å²) in [6.45, 7) is 3.57. The van der Waals surface area contributed by atoms with E-state index in [1.165, 1.54) is 17.5 Å². The molecule has 4 heteroatoms. The molecule has 20 heavy (non-hydrogen) atoms. The van der Waals surface area contributed by atoms with E-state index in [0.717, 1.165) is 25.8 Å². The molecule has 2 rings (SSSR count). The molecule has 1 amide bonds. The molecule has 2 N–H and O–H groups in total. The highest BCUT2D eigenvalue weighted by Gasteiger charge is 2.27. The van der Waals surface area contributed by atoms with E-state index in [1.54, 1.807) is 0 Å². The summed E-state index contributed by atoms with van der Waals surface area (Å²) in [7, 11) is 0. The highest BCUT2D eigenvalue weighted by atomic mass is 35.5. The summed E-state index contributed by atoms with van der Waals surface area (Å²) in [5, 5.41) is 0. The summed E-state index contributed by atoms with van der Waals surface area (Å²) in [4.78, 5) is 14.3. The van der Waals surface area contributed by atoms with Crippen molar-refractivity contribution in [1.82, 2.24) is 4.90 Å². The standard InChI is InChI=1S/C16H24N2O.ClH/c1-13-7-9-14(10-8-13)15-5-2-3-12-18(15)16(19)6-4-11-17;/h7-10,15H,2-6,11-12,17H2,1H3;1H. The van der Waals surface area contributed by atoms with Crippen LogP contribution in [0.25, 0.3) is 0 Å². The van der Waals surface area contributed by atoms with Crippen molar-refractivity contribution in [1.29, 1.82) is 0 Å². The zero-order valence-corrected chi connectivity index (χ0v) is 13.0. The van der Waals surface area contributed by atoms with Crippen molar-refractivity contribution in [2.45, 2.75) is 45.1 Å². The molecule has 0 aliphatic carbocycles. The lowest BCUT2D eigenvalue weighted by molar-refractivity contribution is -0.135. The topological polar surface area (TPSA) is 46.3 Å². The first kappa shape index (κ1) is 17.0. The van der Waals surface area contributed by atoms with Crippen LogP contribution >= 0.6 is 12.4 Å². The highest BCUT2D eigenvalue weighted by molar-refractivity contribution is 5.85. The number of likely N-dealkylation sites (tertiary alicyclic amines) is 1. The van der Waals surface area contributed by atoms with E-state index >= 15 is 0 Å². The van der Waals surface area contributed by atoms with Crippen LogP contribution in [-0.2, 0) is 4.79 Å². The zero-order chi connectivity index (χ0) is 13.7. The van der Waals surface area contributed by atoms with Gasteiger partial charge < -0.3 is 10.6 Å². The molecular weight excluding hydrogens is 272 g/mol. The Morgan fingerprint density at radius 1 is 1.30 bits per heavy atom. The number of benzene rings is 1. The van der Waals surface area contributed by atoms with Gasteiger partial charge in [-0.15, -0.1) is 12.4 Å². The molecule has 1 unspecified atom stereocenters. The first-order valence-electron chi connectivity index (χ1n) is 7.28. The van der Waals surface area contributed by atoms with E-state index in [2.05, 4.69) is 36.1 Å². The average molecular weight is 297 g/mol. The fourth-order valence-corrected chi connectivity index (χ4v) is 2.76. The molecule has 0 saturated carbocycles. The molecule has 0 bridgehead atoms. The minimum absolute atomic E-state index is 0. The second-order valence-electron chi connectivity index (χ2n) is 5.40. The van der Waals surface area contributed by atoms with E-state index < -0.39 is 0 Å². The van der Waals surface area contributed by atoms with E-state index in [9.17, 15) is 4.79 Å². The quantitative estimate of drug-likeness (QED) is 0.927. The Bertz CT molecular complexity index is 419. The largest absolute Gasteiger partial charge is 0.336 e. The minimum atomic E-state index is 0. The van der Waals surface area contributed by atoms with Gasteiger partial charge in [-0.25, -0.2) is 0 Å². The lowest BCUT2D eigenvalue weighted by Crippen LogP contribution is -2.38. The molecule has 1 fully saturated rings. The smallest absolute Gasteiger partial charge is 0.223 e. The third-order valence-corrected chi connectivity index (χ3v) is 3.88. The second kappa shape index (κ2) is 8.28. The second-order valence-corrected chi connectivity index (χ2v) is 5.40. The normalized spacial score (nSPS) is 18.5.